The Labute approximate surface area is 128 Å². The van der Waals surface area contributed by atoms with E-state index in [1.807, 2.05) is 0 Å². The highest BCUT2D eigenvalue weighted by molar-refractivity contribution is 5.78. The highest BCUT2D eigenvalue weighted by Crippen LogP contribution is 2.52. The molecule has 0 aromatic heterocycles. The predicted octanol–water partition coefficient (Wildman–Crippen LogP) is 2.82. The van der Waals surface area contributed by atoms with Crippen LogP contribution in [0.3, 0.4) is 0 Å². The van der Waals surface area contributed by atoms with Gasteiger partial charge < -0.3 is 15.8 Å². The smallest absolute Gasteiger partial charge is 0.189 e. The molecule has 0 aromatic carbocycles. The first kappa shape index (κ1) is 15.1. The third-order valence-corrected chi connectivity index (χ3v) is 5.75. The largest absolute Gasteiger partial charge is 0.377 e. The Kier molecular flexibility index (Phi) is 4.43. The van der Waals surface area contributed by atoms with Crippen LogP contribution in [0.4, 0.5) is 0 Å². The van der Waals surface area contributed by atoms with Crippen molar-refractivity contribution in [3.05, 3.63) is 0 Å². The molecule has 0 radical (unpaired) electrons. The van der Waals surface area contributed by atoms with Crippen LogP contribution >= 0.6 is 0 Å². The zero-order valence-electron chi connectivity index (χ0n) is 13.6. The van der Waals surface area contributed by atoms with Crippen LogP contribution in [0.25, 0.3) is 0 Å². The van der Waals surface area contributed by atoms with Crippen LogP contribution in [-0.2, 0) is 4.74 Å². The molecule has 3 rings (SSSR count). The van der Waals surface area contributed by atoms with E-state index in [2.05, 4.69) is 19.2 Å². The van der Waals surface area contributed by atoms with Gasteiger partial charge in [-0.15, -0.1) is 0 Å². The fourth-order valence-electron chi connectivity index (χ4n) is 4.58. The van der Waals surface area contributed by atoms with Crippen molar-refractivity contribution < 1.29 is 4.74 Å². The van der Waals surface area contributed by atoms with Crippen LogP contribution in [0.5, 0.6) is 0 Å². The lowest BCUT2D eigenvalue weighted by Gasteiger charge is -2.58. The summed E-state index contributed by atoms with van der Waals surface area (Å²) in [5, 5.41) is 3.48. The minimum Gasteiger partial charge on any atom is -0.377 e. The summed E-state index contributed by atoms with van der Waals surface area (Å²) in [7, 11) is 0. The number of ether oxygens (including phenoxy) is 1. The maximum Gasteiger partial charge on any atom is 0.189 e. The molecule has 0 amide bonds. The summed E-state index contributed by atoms with van der Waals surface area (Å²) in [5.74, 6) is 1.23. The maximum absolute atomic E-state index is 6.21. The molecule has 1 heterocycles. The monoisotopic (exact) mass is 293 g/mol. The van der Waals surface area contributed by atoms with Crippen molar-refractivity contribution in [2.45, 2.75) is 83.4 Å². The Morgan fingerprint density at radius 3 is 2.52 bits per heavy atom. The van der Waals surface area contributed by atoms with E-state index in [1.54, 1.807) is 0 Å². The van der Waals surface area contributed by atoms with Crippen molar-refractivity contribution in [1.82, 2.24) is 5.32 Å². The van der Waals surface area contributed by atoms with Crippen molar-refractivity contribution in [3.8, 4) is 0 Å². The lowest BCUT2D eigenvalue weighted by atomic mass is 9.55. The van der Waals surface area contributed by atoms with E-state index >= 15 is 0 Å². The number of nitrogens with two attached hydrogens (primary N) is 1. The highest BCUT2D eigenvalue weighted by atomic mass is 16.5. The molecule has 4 heteroatoms. The van der Waals surface area contributed by atoms with E-state index in [1.165, 1.54) is 51.4 Å². The van der Waals surface area contributed by atoms with E-state index in [0.717, 1.165) is 6.61 Å². The van der Waals surface area contributed by atoms with Gasteiger partial charge in [0.25, 0.3) is 0 Å². The Morgan fingerprint density at radius 2 is 1.81 bits per heavy atom. The number of aliphatic imine (C=N–C) groups is 1. The van der Waals surface area contributed by atoms with Crippen LogP contribution < -0.4 is 11.1 Å². The summed E-state index contributed by atoms with van der Waals surface area (Å²) < 4.78 is 5.94. The molecule has 1 saturated heterocycles. The fraction of sp³-hybridized carbons (Fsp3) is 0.941. The summed E-state index contributed by atoms with van der Waals surface area (Å²) in [6.45, 7) is 5.45. The van der Waals surface area contributed by atoms with Crippen LogP contribution in [-0.4, -0.2) is 30.8 Å². The molecule has 21 heavy (non-hydrogen) atoms. The molecule has 0 aromatic rings. The van der Waals surface area contributed by atoms with E-state index in [0.29, 0.717) is 30.1 Å². The molecule has 0 bridgehead atoms. The zero-order valence-corrected chi connectivity index (χ0v) is 13.6. The van der Waals surface area contributed by atoms with Crippen LogP contribution in [0.2, 0.25) is 0 Å². The van der Waals surface area contributed by atoms with Crippen LogP contribution in [0.1, 0.15) is 65.2 Å². The summed E-state index contributed by atoms with van der Waals surface area (Å²) in [6.07, 6.45) is 10.6. The standard InChI is InChI=1S/C17H31N3O/c1-17(2)14(13-10-7-11-21-15(13)17)20-16(18)19-12-8-5-3-4-6-9-12/h12-15H,3-11H2,1-2H3,(H3,18,19,20). The molecule has 4 nitrogen and oxygen atoms in total. The van der Waals surface area contributed by atoms with Gasteiger partial charge in [0, 0.05) is 24.0 Å². The van der Waals surface area contributed by atoms with Crippen molar-refractivity contribution in [2.24, 2.45) is 22.1 Å². The number of rotatable bonds is 2. The minimum absolute atomic E-state index is 0.126. The van der Waals surface area contributed by atoms with Gasteiger partial charge >= 0.3 is 0 Å². The Balaban J connectivity index is 1.60. The van der Waals surface area contributed by atoms with Crippen molar-refractivity contribution in [1.29, 1.82) is 0 Å². The molecule has 2 saturated carbocycles. The molecule has 3 N–H and O–H groups in total. The Morgan fingerprint density at radius 1 is 1.10 bits per heavy atom. The molecule has 3 fully saturated rings. The summed E-state index contributed by atoms with van der Waals surface area (Å²) in [6, 6.07) is 0.846. The molecular weight excluding hydrogens is 262 g/mol. The Bertz CT molecular complexity index is 385. The van der Waals surface area contributed by atoms with Gasteiger partial charge in [-0.1, -0.05) is 39.5 Å². The molecule has 3 atom stereocenters. The number of nitrogens with zero attached hydrogens (tertiary/aromatic N) is 1. The number of guanidine groups is 1. The van der Waals surface area contributed by atoms with Gasteiger partial charge in [-0.2, -0.15) is 0 Å². The summed E-state index contributed by atoms with van der Waals surface area (Å²) in [5.41, 5.74) is 6.33. The van der Waals surface area contributed by atoms with Gasteiger partial charge in [-0.3, -0.25) is 0 Å². The summed E-state index contributed by atoms with van der Waals surface area (Å²) in [4.78, 5) is 4.85. The van der Waals surface area contributed by atoms with Gasteiger partial charge in [-0.05, 0) is 25.7 Å². The van der Waals surface area contributed by atoms with Crippen molar-refractivity contribution in [3.63, 3.8) is 0 Å². The van der Waals surface area contributed by atoms with Crippen molar-refractivity contribution >= 4 is 5.96 Å². The molecule has 0 spiro atoms. The van der Waals surface area contributed by atoms with Crippen LogP contribution in [0, 0.1) is 11.3 Å². The second kappa shape index (κ2) is 6.15. The third-order valence-electron chi connectivity index (χ3n) is 5.75. The lowest BCUT2D eigenvalue weighted by molar-refractivity contribution is -0.182. The zero-order chi connectivity index (χ0) is 14.9. The highest BCUT2D eigenvalue weighted by Gasteiger charge is 2.58. The maximum atomic E-state index is 6.21. The first-order valence-corrected chi connectivity index (χ1v) is 8.80. The third kappa shape index (κ3) is 3.05. The SMILES string of the molecule is CC1(C)C(N=C(N)NC2CCCCCC2)C2CCCOC21. The topological polar surface area (TPSA) is 59.6 Å². The number of hydrogen-bond acceptors (Lipinski definition) is 2. The molecular formula is C17H31N3O. The number of fused-ring (bicyclic) bond motifs is 1. The van der Waals surface area contributed by atoms with E-state index < -0.39 is 0 Å². The average molecular weight is 293 g/mol. The van der Waals surface area contributed by atoms with E-state index in [-0.39, 0.29) is 5.41 Å². The molecule has 2 aliphatic carbocycles. The first-order chi connectivity index (χ1) is 10.1. The van der Waals surface area contributed by atoms with E-state index in [9.17, 15) is 0 Å². The van der Waals surface area contributed by atoms with Crippen LogP contribution in [0.15, 0.2) is 4.99 Å². The molecule has 3 aliphatic rings. The second-order valence-electron chi connectivity index (χ2n) is 7.71. The first-order valence-electron chi connectivity index (χ1n) is 8.80. The van der Waals surface area contributed by atoms with Gasteiger partial charge in [-0.25, -0.2) is 4.99 Å². The van der Waals surface area contributed by atoms with Gasteiger partial charge in [0.2, 0.25) is 0 Å². The quantitative estimate of drug-likeness (QED) is 0.467. The number of nitrogens with one attached hydrogen (secondary N) is 1. The second-order valence-corrected chi connectivity index (χ2v) is 7.71. The average Bonchev–Trinajstić information content (AvgIpc) is 2.73. The van der Waals surface area contributed by atoms with Crippen molar-refractivity contribution in [2.75, 3.05) is 6.61 Å². The normalized spacial score (nSPS) is 37.2. The molecule has 3 unspecified atom stereocenters. The van der Waals surface area contributed by atoms with Gasteiger partial charge in [0.1, 0.15) is 0 Å². The van der Waals surface area contributed by atoms with Gasteiger partial charge in [0.05, 0.1) is 12.1 Å². The number of hydrogen-bond donors (Lipinski definition) is 2. The van der Waals surface area contributed by atoms with Gasteiger partial charge in [0.15, 0.2) is 5.96 Å². The minimum atomic E-state index is 0.126. The molecule has 120 valence electrons. The predicted molar refractivity (Wildman–Crippen MR) is 86.3 cm³/mol. The lowest BCUT2D eigenvalue weighted by Crippen LogP contribution is -2.64. The fourth-order valence-corrected chi connectivity index (χ4v) is 4.58. The van der Waals surface area contributed by atoms with E-state index in [4.69, 9.17) is 15.5 Å². The summed E-state index contributed by atoms with van der Waals surface area (Å²) >= 11 is 0. The molecule has 1 aliphatic heterocycles. The Hall–Kier alpha value is -0.770.